The average molecular weight is 257 g/mol. The zero-order valence-corrected chi connectivity index (χ0v) is 11.7. The summed E-state index contributed by atoms with van der Waals surface area (Å²) in [5.41, 5.74) is 5.35. The van der Waals surface area contributed by atoms with Gasteiger partial charge in [-0.25, -0.2) is 0 Å². The topological polar surface area (TPSA) is 67.6 Å². The zero-order valence-electron chi connectivity index (χ0n) is 11.7. The van der Waals surface area contributed by atoms with Gasteiger partial charge in [0.25, 0.3) is 0 Å². The maximum Gasteiger partial charge on any atom is 0.221 e. The number of nitrogens with zero attached hydrogens (tertiary/aromatic N) is 1. The second kappa shape index (κ2) is 8.45. The summed E-state index contributed by atoms with van der Waals surface area (Å²) in [7, 11) is 0. The van der Waals surface area contributed by atoms with E-state index in [0.29, 0.717) is 25.1 Å². The third-order valence-electron chi connectivity index (χ3n) is 3.18. The van der Waals surface area contributed by atoms with Crippen LogP contribution in [-0.4, -0.2) is 55.7 Å². The quantitative estimate of drug-likeness (QED) is 0.690. The number of nitrogens with one attached hydrogen (secondary N) is 1. The SMILES string of the molecule is CC(C)OCCN1CCC(NC(=O)CCN)CC1. The van der Waals surface area contributed by atoms with Gasteiger partial charge >= 0.3 is 0 Å². The molecule has 1 amide bonds. The fourth-order valence-electron chi connectivity index (χ4n) is 2.15. The van der Waals surface area contributed by atoms with E-state index >= 15 is 0 Å². The summed E-state index contributed by atoms with van der Waals surface area (Å²) in [6.45, 7) is 8.39. The standard InChI is InChI=1S/C13H27N3O2/c1-11(2)18-10-9-16-7-4-12(5-8-16)15-13(17)3-6-14/h11-12H,3-10,14H2,1-2H3,(H,15,17). The van der Waals surface area contributed by atoms with Crippen molar-refractivity contribution in [3.05, 3.63) is 0 Å². The molecule has 106 valence electrons. The predicted molar refractivity (Wildman–Crippen MR) is 72.4 cm³/mol. The zero-order chi connectivity index (χ0) is 13.4. The molecular weight excluding hydrogens is 230 g/mol. The Kier molecular flexibility index (Phi) is 7.23. The van der Waals surface area contributed by atoms with Gasteiger partial charge in [0, 0.05) is 38.6 Å². The van der Waals surface area contributed by atoms with Gasteiger partial charge in [0.2, 0.25) is 5.91 Å². The lowest BCUT2D eigenvalue weighted by Crippen LogP contribution is -2.45. The highest BCUT2D eigenvalue weighted by molar-refractivity contribution is 5.76. The highest BCUT2D eigenvalue weighted by atomic mass is 16.5. The number of rotatable bonds is 7. The number of hydrogen-bond acceptors (Lipinski definition) is 4. The lowest BCUT2D eigenvalue weighted by molar-refractivity contribution is -0.121. The van der Waals surface area contributed by atoms with Crippen LogP contribution in [0.3, 0.4) is 0 Å². The van der Waals surface area contributed by atoms with E-state index in [-0.39, 0.29) is 5.91 Å². The van der Waals surface area contributed by atoms with Crippen LogP contribution in [-0.2, 0) is 9.53 Å². The number of carbonyl (C=O) groups is 1. The molecule has 5 nitrogen and oxygen atoms in total. The molecule has 1 heterocycles. The predicted octanol–water partition coefficient (Wildman–Crippen LogP) is 0.341. The van der Waals surface area contributed by atoms with E-state index in [9.17, 15) is 4.79 Å². The summed E-state index contributed by atoms with van der Waals surface area (Å²) in [6, 6.07) is 0.325. The van der Waals surface area contributed by atoms with Crippen LogP contribution in [0.1, 0.15) is 33.1 Å². The Morgan fingerprint density at radius 3 is 2.67 bits per heavy atom. The summed E-state index contributed by atoms with van der Waals surface area (Å²) in [5, 5.41) is 3.04. The van der Waals surface area contributed by atoms with Crippen LogP contribution in [0.4, 0.5) is 0 Å². The highest BCUT2D eigenvalue weighted by Gasteiger charge is 2.20. The van der Waals surface area contributed by atoms with Gasteiger partial charge in [0.1, 0.15) is 0 Å². The van der Waals surface area contributed by atoms with Crippen molar-refractivity contribution < 1.29 is 9.53 Å². The molecule has 1 fully saturated rings. The number of carbonyl (C=O) groups excluding carboxylic acids is 1. The molecule has 0 bridgehead atoms. The Morgan fingerprint density at radius 1 is 1.44 bits per heavy atom. The molecule has 3 N–H and O–H groups in total. The Morgan fingerprint density at radius 2 is 2.11 bits per heavy atom. The molecule has 0 atom stereocenters. The molecule has 18 heavy (non-hydrogen) atoms. The lowest BCUT2D eigenvalue weighted by atomic mass is 10.0. The Hall–Kier alpha value is -0.650. The van der Waals surface area contributed by atoms with Crippen LogP contribution in [0.15, 0.2) is 0 Å². The molecule has 0 unspecified atom stereocenters. The van der Waals surface area contributed by atoms with Crippen molar-refractivity contribution >= 4 is 5.91 Å². The second-order valence-corrected chi connectivity index (χ2v) is 5.14. The molecule has 0 aromatic carbocycles. The Balaban J connectivity index is 2.10. The number of nitrogens with two attached hydrogens (primary N) is 1. The smallest absolute Gasteiger partial charge is 0.221 e. The van der Waals surface area contributed by atoms with Crippen molar-refractivity contribution in [1.29, 1.82) is 0 Å². The minimum atomic E-state index is 0.0825. The van der Waals surface area contributed by atoms with Crippen molar-refractivity contribution in [2.75, 3.05) is 32.8 Å². The molecular formula is C13H27N3O2. The van der Waals surface area contributed by atoms with Crippen LogP contribution >= 0.6 is 0 Å². The van der Waals surface area contributed by atoms with Gasteiger partial charge in [-0.2, -0.15) is 0 Å². The van der Waals surface area contributed by atoms with Crippen LogP contribution in [0, 0.1) is 0 Å². The van der Waals surface area contributed by atoms with E-state index in [1.165, 1.54) is 0 Å². The molecule has 0 radical (unpaired) electrons. The minimum Gasteiger partial charge on any atom is -0.377 e. The molecule has 0 aliphatic carbocycles. The van der Waals surface area contributed by atoms with E-state index in [1.807, 2.05) is 0 Å². The largest absolute Gasteiger partial charge is 0.377 e. The number of hydrogen-bond donors (Lipinski definition) is 2. The fraction of sp³-hybridized carbons (Fsp3) is 0.923. The van der Waals surface area contributed by atoms with E-state index in [2.05, 4.69) is 24.1 Å². The van der Waals surface area contributed by atoms with Crippen molar-refractivity contribution in [3.8, 4) is 0 Å². The normalized spacial score (nSPS) is 18.2. The number of likely N-dealkylation sites (tertiary alicyclic amines) is 1. The summed E-state index contributed by atoms with van der Waals surface area (Å²) in [5.74, 6) is 0.0825. The molecule has 0 spiro atoms. The molecule has 0 saturated carbocycles. The Labute approximate surface area is 110 Å². The maximum absolute atomic E-state index is 11.4. The van der Waals surface area contributed by atoms with Crippen molar-refractivity contribution in [1.82, 2.24) is 10.2 Å². The van der Waals surface area contributed by atoms with Gasteiger partial charge in [-0.3, -0.25) is 4.79 Å². The van der Waals surface area contributed by atoms with Gasteiger partial charge in [-0.15, -0.1) is 0 Å². The van der Waals surface area contributed by atoms with Crippen LogP contribution in [0.2, 0.25) is 0 Å². The number of ether oxygens (including phenoxy) is 1. The van der Waals surface area contributed by atoms with Gasteiger partial charge in [-0.05, 0) is 26.7 Å². The van der Waals surface area contributed by atoms with Crippen molar-refractivity contribution in [3.63, 3.8) is 0 Å². The first-order valence-electron chi connectivity index (χ1n) is 6.95. The van der Waals surface area contributed by atoms with Gasteiger partial charge in [-0.1, -0.05) is 0 Å². The lowest BCUT2D eigenvalue weighted by Gasteiger charge is -2.32. The van der Waals surface area contributed by atoms with Crippen LogP contribution in [0.5, 0.6) is 0 Å². The van der Waals surface area contributed by atoms with Crippen LogP contribution < -0.4 is 11.1 Å². The first-order chi connectivity index (χ1) is 8.61. The first kappa shape index (κ1) is 15.4. The molecule has 5 heteroatoms. The Bertz CT molecular complexity index is 238. The fourth-order valence-corrected chi connectivity index (χ4v) is 2.15. The monoisotopic (exact) mass is 257 g/mol. The van der Waals surface area contributed by atoms with E-state index < -0.39 is 0 Å². The third kappa shape index (κ3) is 6.33. The molecule has 0 aromatic rings. The van der Waals surface area contributed by atoms with E-state index in [1.54, 1.807) is 0 Å². The molecule has 1 saturated heterocycles. The van der Waals surface area contributed by atoms with Gasteiger partial charge in [0.05, 0.1) is 12.7 Å². The molecule has 1 aliphatic rings. The van der Waals surface area contributed by atoms with Gasteiger partial charge < -0.3 is 20.7 Å². The number of amides is 1. The first-order valence-corrected chi connectivity index (χ1v) is 6.95. The highest BCUT2D eigenvalue weighted by Crippen LogP contribution is 2.10. The summed E-state index contributed by atoms with van der Waals surface area (Å²) in [4.78, 5) is 13.8. The minimum absolute atomic E-state index is 0.0825. The molecule has 1 rings (SSSR count). The molecule has 1 aliphatic heterocycles. The summed E-state index contributed by atoms with van der Waals surface area (Å²) in [6.07, 6.45) is 2.79. The van der Waals surface area contributed by atoms with Crippen molar-refractivity contribution in [2.24, 2.45) is 5.73 Å². The summed E-state index contributed by atoms with van der Waals surface area (Å²) < 4.78 is 5.54. The maximum atomic E-state index is 11.4. The van der Waals surface area contributed by atoms with Gasteiger partial charge in [0.15, 0.2) is 0 Å². The van der Waals surface area contributed by atoms with E-state index in [0.717, 1.165) is 39.1 Å². The average Bonchev–Trinajstić information content (AvgIpc) is 2.31. The molecule has 0 aromatic heterocycles. The van der Waals surface area contributed by atoms with Crippen molar-refractivity contribution in [2.45, 2.75) is 45.3 Å². The van der Waals surface area contributed by atoms with Crippen LogP contribution in [0.25, 0.3) is 0 Å². The summed E-state index contributed by atoms with van der Waals surface area (Å²) >= 11 is 0. The number of piperidine rings is 1. The second-order valence-electron chi connectivity index (χ2n) is 5.14. The third-order valence-corrected chi connectivity index (χ3v) is 3.18. The van der Waals surface area contributed by atoms with E-state index in [4.69, 9.17) is 10.5 Å².